The molecule has 1 N–H and O–H groups in total. The van der Waals surface area contributed by atoms with Crippen molar-refractivity contribution in [1.29, 1.82) is 0 Å². The summed E-state index contributed by atoms with van der Waals surface area (Å²) in [5.41, 5.74) is 3.18. The molecule has 2 aromatic rings. The van der Waals surface area contributed by atoms with Crippen molar-refractivity contribution in [2.45, 2.75) is 50.6 Å². The topological polar surface area (TPSA) is 38.3 Å². The van der Waals surface area contributed by atoms with E-state index in [-0.39, 0.29) is 5.97 Å². The molecule has 3 nitrogen and oxygen atoms in total. The summed E-state index contributed by atoms with van der Waals surface area (Å²) < 4.78 is 5.14. The smallest absolute Gasteiger partial charge is 0.316 e. The molecule has 3 heteroatoms. The van der Waals surface area contributed by atoms with Crippen molar-refractivity contribution in [3.8, 4) is 0 Å². The average Bonchev–Trinajstić information content (AvgIpc) is 2.69. The summed E-state index contributed by atoms with van der Waals surface area (Å²) in [4.78, 5) is 12.5. The number of carbonyl (C=O) groups excluding carboxylic acids is 1. The van der Waals surface area contributed by atoms with Gasteiger partial charge in [0.1, 0.15) is 0 Å². The Morgan fingerprint density at radius 3 is 2.12 bits per heavy atom. The van der Waals surface area contributed by atoms with Crippen molar-refractivity contribution >= 4 is 5.97 Å². The predicted octanol–water partition coefficient (Wildman–Crippen LogP) is 4.35. The molecule has 1 saturated carbocycles. The first-order valence-electron chi connectivity index (χ1n) is 9.17. The second-order valence-corrected chi connectivity index (χ2v) is 6.92. The lowest BCUT2D eigenvalue weighted by atomic mass is 9.69. The highest BCUT2D eigenvalue weighted by molar-refractivity contribution is 5.83. The maximum absolute atomic E-state index is 12.5. The maximum atomic E-state index is 12.5. The molecule has 132 valence electrons. The lowest BCUT2D eigenvalue weighted by Gasteiger charge is -2.35. The van der Waals surface area contributed by atoms with E-state index < -0.39 is 5.41 Å². The molecule has 1 fully saturated rings. The van der Waals surface area contributed by atoms with Gasteiger partial charge in [0.25, 0.3) is 0 Å². The van der Waals surface area contributed by atoms with Crippen LogP contribution in [-0.4, -0.2) is 13.1 Å². The number of rotatable bonds is 6. The van der Waals surface area contributed by atoms with Gasteiger partial charge in [-0.3, -0.25) is 4.79 Å². The number of esters is 1. The summed E-state index contributed by atoms with van der Waals surface area (Å²) in [5, 5.41) is 3.47. The number of benzene rings is 2. The normalized spacial score (nSPS) is 16.4. The number of hydrogen-bond donors (Lipinski definition) is 1. The first-order valence-corrected chi connectivity index (χ1v) is 9.17. The Morgan fingerprint density at radius 1 is 0.920 bits per heavy atom. The van der Waals surface area contributed by atoms with E-state index in [9.17, 15) is 4.79 Å². The summed E-state index contributed by atoms with van der Waals surface area (Å²) in [6, 6.07) is 18.9. The van der Waals surface area contributed by atoms with E-state index in [1.54, 1.807) is 0 Å². The molecular weight excluding hydrogens is 310 g/mol. The monoisotopic (exact) mass is 337 g/mol. The van der Waals surface area contributed by atoms with Crippen molar-refractivity contribution in [3.63, 3.8) is 0 Å². The van der Waals surface area contributed by atoms with Crippen LogP contribution < -0.4 is 5.32 Å². The molecule has 0 saturated heterocycles. The summed E-state index contributed by atoms with van der Waals surface area (Å²) in [5.74, 6) is -0.0813. The number of nitrogens with one attached hydrogen (secondary N) is 1. The molecule has 1 aliphatic carbocycles. The molecule has 3 rings (SSSR count). The molecule has 1 aliphatic rings. The van der Waals surface area contributed by atoms with Gasteiger partial charge in [-0.2, -0.15) is 0 Å². The van der Waals surface area contributed by atoms with Gasteiger partial charge in [-0.05, 0) is 29.5 Å². The number of carbonyl (C=O) groups is 1. The number of ether oxygens (including phenoxy) is 1. The Kier molecular flexibility index (Phi) is 5.87. The lowest BCUT2D eigenvalue weighted by molar-refractivity contribution is -0.149. The van der Waals surface area contributed by atoms with E-state index in [1.807, 2.05) is 6.07 Å². The molecule has 0 radical (unpaired) electrons. The minimum absolute atomic E-state index is 0.0813. The molecule has 0 bridgehead atoms. The van der Waals surface area contributed by atoms with Crippen molar-refractivity contribution in [3.05, 3.63) is 71.3 Å². The molecule has 0 atom stereocenters. The SMILES string of the molecule is COC(=O)C1(c2ccc(CNCc3ccccc3)cc2)CCCCC1. The van der Waals surface area contributed by atoms with Crippen LogP contribution in [0.1, 0.15) is 48.8 Å². The molecule has 2 aromatic carbocycles. The van der Waals surface area contributed by atoms with E-state index in [4.69, 9.17) is 4.74 Å². The Hall–Kier alpha value is -2.13. The molecule has 0 heterocycles. The standard InChI is InChI=1S/C22H27NO2/c1-25-21(24)22(14-6-3-7-15-22)20-12-10-19(11-13-20)17-23-16-18-8-4-2-5-9-18/h2,4-5,8-13,23H,3,6-7,14-17H2,1H3. The molecule has 25 heavy (non-hydrogen) atoms. The molecule has 0 amide bonds. The molecule has 0 spiro atoms. The van der Waals surface area contributed by atoms with Gasteiger partial charge >= 0.3 is 5.97 Å². The van der Waals surface area contributed by atoms with Crippen LogP contribution >= 0.6 is 0 Å². The van der Waals surface area contributed by atoms with Crippen LogP contribution in [0.15, 0.2) is 54.6 Å². The van der Waals surface area contributed by atoms with Crippen molar-refractivity contribution in [1.82, 2.24) is 5.32 Å². The highest BCUT2D eigenvalue weighted by Gasteiger charge is 2.42. The van der Waals surface area contributed by atoms with Crippen molar-refractivity contribution < 1.29 is 9.53 Å². The zero-order valence-electron chi connectivity index (χ0n) is 15.0. The zero-order valence-corrected chi connectivity index (χ0v) is 15.0. The predicted molar refractivity (Wildman–Crippen MR) is 100 cm³/mol. The van der Waals surface area contributed by atoms with E-state index in [0.29, 0.717) is 0 Å². The Morgan fingerprint density at radius 2 is 1.52 bits per heavy atom. The van der Waals surface area contributed by atoms with Crippen LogP contribution in [0.2, 0.25) is 0 Å². The van der Waals surface area contributed by atoms with Crippen molar-refractivity contribution in [2.24, 2.45) is 0 Å². The second kappa shape index (κ2) is 8.30. The van der Waals surface area contributed by atoms with Crippen LogP contribution in [0.3, 0.4) is 0 Å². The first kappa shape index (κ1) is 17.7. The Bertz CT molecular complexity index is 673. The summed E-state index contributed by atoms with van der Waals surface area (Å²) in [6.07, 6.45) is 5.18. The quantitative estimate of drug-likeness (QED) is 0.796. The third-order valence-corrected chi connectivity index (χ3v) is 5.29. The van der Waals surface area contributed by atoms with Gasteiger partial charge in [0, 0.05) is 13.1 Å². The van der Waals surface area contributed by atoms with Crippen LogP contribution in [-0.2, 0) is 28.0 Å². The van der Waals surface area contributed by atoms with Crippen LogP contribution in [0.25, 0.3) is 0 Å². The molecule has 0 aromatic heterocycles. The van der Waals surface area contributed by atoms with E-state index in [0.717, 1.165) is 44.3 Å². The maximum Gasteiger partial charge on any atom is 0.316 e. The number of methoxy groups -OCH3 is 1. The van der Waals surface area contributed by atoms with Gasteiger partial charge in [-0.15, -0.1) is 0 Å². The first-order chi connectivity index (χ1) is 12.2. The Balaban J connectivity index is 1.65. The van der Waals surface area contributed by atoms with Crippen molar-refractivity contribution in [2.75, 3.05) is 7.11 Å². The van der Waals surface area contributed by atoms with Gasteiger partial charge in [0.15, 0.2) is 0 Å². The molecule has 0 unspecified atom stereocenters. The third-order valence-electron chi connectivity index (χ3n) is 5.29. The number of hydrogen-bond acceptors (Lipinski definition) is 3. The van der Waals surface area contributed by atoms with Crippen LogP contribution in [0.5, 0.6) is 0 Å². The van der Waals surface area contributed by atoms with E-state index >= 15 is 0 Å². The lowest BCUT2D eigenvalue weighted by Crippen LogP contribution is -2.38. The zero-order chi connectivity index (χ0) is 17.5. The van der Waals surface area contributed by atoms with Gasteiger partial charge in [0.2, 0.25) is 0 Å². The summed E-state index contributed by atoms with van der Waals surface area (Å²) in [6.45, 7) is 1.68. The average molecular weight is 337 g/mol. The van der Waals surface area contributed by atoms with Gasteiger partial charge in [0.05, 0.1) is 12.5 Å². The van der Waals surface area contributed by atoms with Crippen LogP contribution in [0.4, 0.5) is 0 Å². The summed E-state index contributed by atoms with van der Waals surface area (Å²) in [7, 11) is 1.50. The highest BCUT2D eigenvalue weighted by Crippen LogP contribution is 2.40. The van der Waals surface area contributed by atoms with Crippen LogP contribution in [0, 0.1) is 0 Å². The summed E-state index contributed by atoms with van der Waals surface area (Å²) >= 11 is 0. The molecular formula is C22H27NO2. The van der Waals surface area contributed by atoms with Gasteiger partial charge in [-0.1, -0.05) is 73.9 Å². The Labute approximate surface area is 150 Å². The fraction of sp³-hybridized carbons (Fsp3) is 0.409. The fourth-order valence-electron chi connectivity index (χ4n) is 3.85. The van der Waals surface area contributed by atoms with Gasteiger partial charge in [-0.25, -0.2) is 0 Å². The van der Waals surface area contributed by atoms with Gasteiger partial charge < -0.3 is 10.1 Å². The minimum atomic E-state index is -0.441. The highest BCUT2D eigenvalue weighted by atomic mass is 16.5. The van der Waals surface area contributed by atoms with E-state index in [2.05, 4.69) is 53.8 Å². The van der Waals surface area contributed by atoms with E-state index in [1.165, 1.54) is 24.7 Å². The third kappa shape index (κ3) is 4.10. The minimum Gasteiger partial charge on any atom is -0.468 e. The second-order valence-electron chi connectivity index (χ2n) is 6.92. The fourth-order valence-corrected chi connectivity index (χ4v) is 3.85. The molecule has 0 aliphatic heterocycles. The largest absolute Gasteiger partial charge is 0.468 e.